The van der Waals surface area contributed by atoms with Gasteiger partial charge in [-0.05, 0) is 30.2 Å². The van der Waals surface area contributed by atoms with Crippen LogP contribution in [0.2, 0.25) is 0 Å². The molecule has 0 saturated carbocycles. The van der Waals surface area contributed by atoms with Gasteiger partial charge in [-0.1, -0.05) is 64.0 Å². The number of halogens is 1. The predicted octanol–water partition coefficient (Wildman–Crippen LogP) is 4.43. The minimum Gasteiger partial charge on any atom is -0.338 e. The lowest BCUT2D eigenvalue weighted by atomic mass is 10.1. The van der Waals surface area contributed by atoms with Gasteiger partial charge in [0.1, 0.15) is 0 Å². The summed E-state index contributed by atoms with van der Waals surface area (Å²) in [6.07, 6.45) is 3.46. The number of rotatable bonds is 4. The molecule has 1 amide bonds. The lowest BCUT2D eigenvalue weighted by molar-refractivity contribution is -0.125. The fourth-order valence-corrected chi connectivity index (χ4v) is 2.34. The van der Waals surface area contributed by atoms with Gasteiger partial charge in [0.25, 0.3) is 0 Å². The van der Waals surface area contributed by atoms with Crippen molar-refractivity contribution in [1.29, 1.82) is 0 Å². The molecule has 2 aromatic rings. The summed E-state index contributed by atoms with van der Waals surface area (Å²) in [6.45, 7) is 2.63. The summed E-state index contributed by atoms with van der Waals surface area (Å²) in [4.78, 5) is 13.8. The Kier molecular flexibility index (Phi) is 5.34. The normalized spacial score (nSPS) is 10.8. The zero-order valence-electron chi connectivity index (χ0n) is 12.2. The van der Waals surface area contributed by atoms with Gasteiger partial charge < -0.3 is 4.90 Å². The van der Waals surface area contributed by atoms with E-state index in [2.05, 4.69) is 15.9 Å². The summed E-state index contributed by atoms with van der Waals surface area (Å²) in [6, 6.07) is 16.0. The molecule has 0 fully saturated rings. The largest absolute Gasteiger partial charge is 0.338 e. The van der Waals surface area contributed by atoms with Gasteiger partial charge in [0, 0.05) is 24.1 Å². The summed E-state index contributed by atoms with van der Waals surface area (Å²) in [5.41, 5.74) is 3.34. The number of benzene rings is 2. The van der Waals surface area contributed by atoms with Crippen molar-refractivity contribution in [2.75, 3.05) is 7.05 Å². The van der Waals surface area contributed by atoms with Crippen LogP contribution in [0.15, 0.2) is 59.1 Å². The second-order valence-electron chi connectivity index (χ2n) is 5.03. The minimum atomic E-state index is -0.00803. The highest BCUT2D eigenvalue weighted by molar-refractivity contribution is 9.10. The molecule has 0 aliphatic rings. The summed E-state index contributed by atoms with van der Waals surface area (Å²) in [5.74, 6) is -0.00803. The Morgan fingerprint density at radius 3 is 2.48 bits per heavy atom. The average molecular weight is 344 g/mol. The van der Waals surface area contributed by atoms with E-state index in [-0.39, 0.29) is 5.91 Å². The van der Waals surface area contributed by atoms with E-state index < -0.39 is 0 Å². The Bertz CT molecular complexity index is 647. The van der Waals surface area contributed by atoms with Crippen LogP contribution in [-0.4, -0.2) is 17.9 Å². The molecule has 0 aliphatic carbocycles. The van der Waals surface area contributed by atoms with E-state index in [0.29, 0.717) is 6.54 Å². The van der Waals surface area contributed by atoms with E-state index in [0.717, 1.165) is 15.6 Å². The van der Waals surface area contributed by atoms with Crippen molar-refractivity contribution in [1.82, 2.24) is 4.90 Å². The van der Waals surface area contributed by atoms with Gasteiger partial charge in [0.2, 0.25) is 5.91 Å². The van der Waals surface area contributed by atoms with E-state index in [4.69, 9.17) is 0 Å². The number of hydrogen-bond acceptors (Lipinski definition) is 1. The summed E-state index contributed by atoms with van der Waals surface area (Å²) < 4.78 is 1.02. The van der Waals surface area contributed by atoms with Crippen LogP contribution in [0.1, 0.15) is 16.7 Å². The van der Waals surface area contributed by atoms with Crippen LogP contribution < -0.4 is 0 Å². The fourth-order valence-electron chi connectivity index (χ4n) is 1.93. The molecular weight excluding hydrogens is 326 g/mol. The zero-order chi connectivity index (χ0) is 15.2. The number of carbonyl (C=O) groups excluding carboxylic acids is 1. The summed E-state index contributed by atoms with van der Waals surface area (Å²) in [5, 5.41) is 0. The molecule has 0 heterocycles. The Labute approximate surface area is 134 Å². The summed E-state index contributed by atoms with van der Waals surface area (Å²) >= 11 is 3.50. The van der Waals surface area contributed by atoms with Crippen LogP contribution in [0.25, 0.3) is 6.08 Å². The van der Waals surface area contributed by atoms with Crippen LogP contribution >= 0.6 is 15.9 Å². The van der Waals surface area contributed by atoms with Crippen LogP contribution in [0.5, 0.6) is 0 Å². The molecule has 0 aliphatic heterocycles. The van der Waals surface area contributed by atoms with Gasteiger partial charge in [0.15, 0.2) is 0 Å². The number of likely N-dealkylation sites (N-methyl/N-ethyl adjacent to an activating group) is 1. The van der Waals surface area contributed by atoms with Crippen molar-refractivity contribution in [2.24, 2.45) is 0 Å². The van der Waals surface area contributed by atoms with Crippen LogP contribution in [0.3, 0.4) is 0 Å². The number of hydrogen-bond donors (Lipinski definition) is 0. The monoisotopic (exact) mass is 343 g/mol. The van der Waals surface area contributed by atoms with Crippen molar-refractivity contribution < 1.29 is 4.79 Å². The molecule has 108 valence electrons. The molecule has 3 heteroatoms. The minimum absolute atomic E-state index is 0.00803. The van der Waals surface area contributed by atoms with Gasteiger partial charge >= 0.3 is 0 Å². The van der Waals surface area contributed by atoms with E-state index in [1.807, 2.05) is 61.5 Å². The third kappa shape index (κ3) is 4.57. The fraction of sp³-hybridized carbons (Fsp3) is 0.167. The first kappa shape index (κ1) is 15.5. The molecule has 0 saturated heterocycles. The molecule has 0 spiro atoms. The van der Waals surface area contributed by atoms with E-state index in [1.165, 1.54) is 5.56 Å². The third-order valence-corrected chi connectivity index (χ3v) is 4.01. The van der Waals surface area contributed by atoms with E-state index in [1.54, 1.807) is 18.0 Å². The van der Waals surface area contributed by atoms with Gasteiger partial charge in [-0.3, -0.25) is 4.79 Å². The van der Waals surface area contributed by atoms with Crippen molar-refractivity contribution in [3.63, 3.8) is 0 Å². The second kappa shape index (κ2) is 7.23. The quantitative estimate of drug-likeness (QED) is 0.752. The molecule has 2 aromatic carbocycles. The first-order valence-corrected chi connectivity index (χ1v) is 7.59. The molecule has 0 bridgehead atoms. The van der Waals surface area contributed by atoms with Crippen LogP contribution in [-0.2, 0) is 11.3 Å². The SMILES string of the molecule is Cc1ccc(/C=C/C(=O)N(C)Cc2ccccc2Br)cc1. The van der Waals surface area contributed by atoms with E-state index >= 15 is 0 Å². The number of aryl methyl sites for hydroxylation is 1. The smallest absolute Gasteiger partial charge is 0.246 e. The number of nitrogens with zero attached hydrogens (tertiary/aromatic N) is 1. The molecule has 0 radical (unpaired) electrons. The maximum atomic E-state index is 12.1. The maximum absolute atomic E-state index is 12.1. The van der Waals surface area contributed by atoms with E-state index in [9.17, 15) is 4.79 Å². The van der Waals surface area contributed by atoms with Crippen molar-refractivity contribution in [3.05, 3.63) is 75.8 Å². The van der Waals surface area contributed by atoms with Gasteiger partial charge in [-0.15, -0.1) is 0 Å². The van der Waals surface area contributed by atoms with Gasteiger partial charge in [0.05, 0.1) is 0 Å². The highest BCUT2D eigenvalue weighted by atomic mass is 79.9. The highest BCUT2D eigenvalue weighted by Gasteiger charge is 2.07. The molecule has 0 atom stereocenters. The number of carbonyl (C=O) groups is 1. The molecule has 0 aromatic heterocycles. The highest BCUT2D eigenvalue weighted by Crippen LogP contribution is 2.17. The Hall–Kier alpha value is -1.87. The first-order chi connectivity index (χ1) is 10.1. The summed E-state index contributed by atoms with van der Waals surface area (Å²) in [7, 11) is 1.81. The zero-order valence-corrected chi connectivity index (χ0v) is 13.8. The van der Waals surface area contributed by atoms with Crippen molar-refractivity contribution in [3.8, 4) is 0 Å². The molecular formula is C18H18BrNO. The Morgan fingerprint density at radius 2 is 1.81 bits per heavy atom. The lowest BCUT2D eigenvalue weighted by Gasteiger charge is -2.16. The van der Waals surface area contributed by atoms with Gasteiger partial charge in [-0.2, -0.15) is 0 Å². The Balaban J connectivity index is 1.99. The first-order valence-electron chi connectivity index (χ1n) is 6.79. The van der Waals surface area contributed by atoms with Crippen molar-refractivity contribution >= 4 is 27.9 Å². The number of amides is 1. The van der Waals surface area contributed by atoms with Crippen molar-refractivity contribution in [2.45, 2.75) is 13.5 Å². The Morgan fingerprint density at radius 1 is 1.14 bits per heavy atom. The predicted molar refractivity (Wildman–Crippen MR) is 90.8 cm³/mol. The second-order valence-corrected chi connectivity index (χ2v) is 5.88. The topological polar surface area (TPSA) is 20.3 Å². The maximum Gasteiger partial charge on any atom is 0.246 e. The third-order valence-electron chi connectivity index (χ3n) is 3.24. The lowest BCUT2D eigenvalue weighted by Crippen LogP contribution is -2.24. The average Bonchev–Trinajstić information content (AvgIpc) is 2.48. The molecule has 0 N–H and O–H groups in total. The van der Waals surface area contributed by atoms with Gasteiger partial charge in [-0.25, -0.2) is 0 Å². The standard InChI is InChI=1S/C18H18BrNO/c1-14-7-9-15(10-8-14)11-12-18(21)20(2)13-16-5-3-4-6-17(16)19/h3-12H,13H2,1-2H3/b12-11+. The van der Waals surface area contributed by atoms with Crippen LogP contribution in [0, 0.1) is 6.92 Å². The molecule has 2 rings (SSSR count). The molecule has 2 nitrogen and oxygen atoms in total. The molecule has 21 heavy (non-hydrogen) atoms. The molecule has 0 unspecified atom stereocenters. The van der Waals surface area contributed by atoms with Crippen LogP contribution in [0.4, 0.5) is 0 Å².